The van der Waals surface area contributed by atoms with Crippen molar-refractivity contribution in [2.75, 3.05) is 21.0 Å². The van der Waals surface area contributed by atoms with Crippen LogP contribution in [0.3, 0.4) is 0 Å². The SMILES string of the molecule is COc1ccc(C(CC(=O)NCc2ccc3c(c2)OCO3)c2c[nH]c3ccccc23)cc1OC. The van der Waals surface area contributed by atoms with E-state index in [1.165, 1.54) is 0 Å². The molecule has 4 aromatic rings. The van der Waals surface area contributed by atoms with Crippen LogP contribution in [0.15, 0.2) is 66.9 Å². The fourth-order valence-electron chi connectivity index (χ4n) is 4.37. The van der Waals surface area contributed by atoms with Gasteiger partial charge in [0, 0.05) is 36.0 Å². The summed E-state index contributed by atoms with van der Waals surface area (Å²) in [5.74, 6) is 2.48. The molecule has 3 aromatic carbocycles. The lowest BCUT2D eigenvalue weighted by Crippen LogP contribution is -2.25. The van der Waals surface area contributed by atoms with Gasteiger partial charge in [-0.1, -0.05) is 30.3 Å². The largest absolute Gasteiger partial charge is 0.493 e. The second kappa shape index (κ2) is 9.39. The summed E-state index contributed by atoms with van der Waals surface area (Å²) in [7, 11) is 3.22. The number of para-hydroxylation sites is 1. The number of fused-ring (bicyclic) bond motifs is 2. The maximum Gasteiger partial charge on any atom is 0.231 e. The lowest BCUT2D eigenvalue weighted by Gasteiger charge is -2.19. The molecular formula is C27H26N2O5. The second-order valence-electron chi connectivity index (χ2n) is 8.13. The molecule has 1 atom stereocenters. The number of benzene rings is 3. The molecule has 7 heteroatoms. The van der Waals surface area contributed by atoms with E-state index in [9.17, 15) is 4.79 Å². The van der Waals surface area contributed by atoms with Crippen LogP contribution < -0.4 is 24.3 Å². The van der Waals surface area contributed by atoms with Gasteiger partial charge in [-0.2, -0.15) is 0 Å². The number of aromatic nitrogens is 1. The summed E-state index contributed by atoms with van der Waals surface area (Å²) < 4.78 is 21.7. The van der Waals surface area contributed by atoms with Gasteiger partial charge < -0.3 is 29.2 Å². The molecule has 1 unspecified atom stereocenters. The Morgan fingerprint density at radius 3 is 2.68 bits per heavy atom. The van der Waals surface area contributed by atoms with Crippen LogP contribution in [0.2, 0.25) is 0 Å². The van der Waals surface area contributed by atoms with Gasteiger partial charge >= 0.3 is 0 Å². The van der Waals surface area contributed by atoms with Crippen LogP contribution in [0.25, 0.3) is 10.9 Å². The van der Waals surface area contributed by atoms with E-state index in [4.69, 9.17) is 18.9 Å². The highest BCUT2D eigenvalue weighted by Gasteiger charge is 2.23. The monoisotopic (exact) mass is 458 g/mol. The standard InChI is InChI=1S/C27H26N2O5/c1-31-23-10-8-18(12-25(23)32-2)20(21-15-28-22-6-4-3-5-19(21)22)13-27(30)29-14-17-7-9-24-26(11-17)34-16-33-24/h3-12,15,20,28H,13-14,16H2,1-2H3,(H,29,30). The number of methoxy groups -OCH3 is 2. The second-order valence-corrected chi connectivity index (χ2v) is 8.13. The molecule has 1 aliphatic rings. The minimum atomic E-state index is -0.173. The number of hydrogen-bond donors (Lipinski definition) is 2. The highest BCUT2D eigenvalue weighted by atomic mass is 16.7. The number of H-pyrrole nitrogens is 1. The molecule has 0 saturated heterocycles. The first kappa shape index (κ1) is 21.7. The molecule has 0 bridgehead atoms. The van der Waals surface area contributed by atoms with Crippen molar-refractivity contribution in [1.82, 2.24) is 10.3 Å². The van der Waals surface area contributed by atoms with E-state index in [1.807, 2.05) is 60.8 Å². The normalized spacial score (nSPS) is 13.0. The van der Waals surface area contributed by atoms with E-state index in [-0.39, 0.29) is 25.0 Å². The molecule has 2 heterocycles. The van der Waals surface area contributed by atoms with Crippen LogP contribution in [-0.2, 0) is 11.3 Å². The molecule has 1 amide bonds. The first-order chi connectivity index (χ1) is 16.7. The minimum absolute atomic E-state index is 0.0530. The van der Waals surface area contributed by atoms with Gasteiger partial charge in [0.05, 0.1) is 14.2 Å². The van der Waals surface area contributed by atoms with Gasteiger partial charge in [-0.25, -0.2) is 0 Å². The fourth-order valence-corrected chi connectivity index (χ4v) is 4.37. The Bertz CT molecular complexity index is 1330. The van der Waals surface area contributed by atoms with Gasteiger partial charge in [0.15, 0.2) is 23.0 Å². The Balaban J connectivity index is 1.41. The zero-order valence-corrected chi connectivity index (χ0v) is 19.1. The first-order valence-electron chi connectivity index (χ1n) is 11.1. The quantitative estimate of drug-likeness (QED) is 0.398. The van der Waals surface area contributed by atoms with E-state index in [2.05, 4.69) is 16.4 Å². The molecule has 7 nitrogen and oxygen atoms in total. The van der Waals surface area contributed by atoms with Crippen LogP contribution in [-0.4, -0.2) is 31.9 Å². The molecular weight excluding hydrogens is 432 g/mol. The number of aromatic amines is 1. The summed E-state index contributed by atoms with van der Waals surface area (Å²) >= 11 is 0. The van der Waals surface area contributed by atoms with Crippen LogP contribution in [0.4, 0.5) is 0 Å². The number of carbonyl (C=O) groups excluding carboxylic acids is 1. The highest BCUT2D eigenvalue weighted by molar-refractivity contribution is 5.86. The zero-order chi connectivity index (χ0) is 23.5. The molecule has 174 valence electrons. The Morgan fingerprint density at radius 2 is 1.82 bits per heavy atom. The smallest absolute Gasteiger partial charge is 0.231 e. The molecule has 0 saturated carbocycles. The number of hydrogen-bond acceptors (Lipinski definition) is 5. The number of ether oxygens (including phenoxy) is 4. The maximum absolute atomic E-state index is 13.1. The van der Waals surface area contributed by atoms with Crippen molar-refractivity contribution in [2.24, 2.45) is 0 Å². The van der Waals surface area contributed by atoms with E-state index in [0.29, 0.717) is 23.8 Å². The van der Waals surface area contributed by atoms with Crippen molar-refractivity contribution in [3.63, 3.8) is 0 Å². The van der Waals surface area contributed by atoms with E-state index < -0.39 is 0 Å². The van der Waals surface area contributed by atoms with Gasteiger partial charge in [0.2, 0.25) is 12.7 Å². The van der Waals surface area contributed by atoms with Gasteiger partial charge in [-0.05, 0) is 47.0 Å². The molecule has 0 spiro atoms. The predicted octanol–water partition coefficient (Wildman–Crippen LogP) is 4.75. The van der Waals surface area contributed by atoms with Crippen LogP contribution in [0, 0.1) is 0 Å². The summed E-state index contributed by atoms with van der Waals surface area (Å²) in [6.07, 6.45) is 2.26. The van der Waals surface area contributed by atoms with Crippen molar-refractivity contribution in [1.29, 1.82) is 0 Å². The average Bonchev–Trinajstić information content (AvgIpc) is 3.52. The zero-order valence-electron chi connectivity index (χ0n) is 19.1. The van der Waals surface area contributed by atoms with Crippen molar-refractivity contribution in [3.05, 3.63) is 83.6 Å². The molecule has 5 rings (SSSR count). The van der Waals surface area contributed by atoms with Gasteiger partial charge in [-0.3, -0.25) is 4.79 Å². The summed E-state index contributed by atoms with van der Waals surface area (Å²) in [6, 6.07) is 19.6. The molecule has 0 fully saturated rings. The van der Waals surface area contributed by atoms with Gasteiger partial charge in [0.25, 0.3) is 0 Å². The number of nitrogens with one attached hydrogen (secondary N) is 2. The Labute approximate surface area is 197 Å². The molecule has 34 heavy (non-hydrogen) atoms. The first-order valence-corrected chi connectivity index (χ1v) is 11.1. The van der Waals surface area contributed by atoms with E-state index in [0.717, 1.165) is 33.3 Å². The van der Waals surface area contributed by atoms with Crippen molar-refractivity contribution < 1.29 is 23.7 Å². The molecule has 0 radical (unpaired) electrons. The highest BCUT2D eigenvalue weighted by Crippen LogP contribution is 2.38. The summed E-state index contributed by atoms with van der Waals surface area (Å²) in [5.41, 5.74) is 4.01. The third kappa shape index (κ3) is 4.24. The van der Waals surface area contributed by atoms with Gasteiger partial charge in [0.1, 0.15) is 0 Å². The van der Waals surface area contributed by atoms with Crippen molar-refractivity contribution >= 4 is 16.8 Å². The molecule has 2 N–H and O–H groups in total. The lowest BCUT2D eigenvalue weighted by molar-refractivity contribution is -0.121. The number of amides is 1. The molecule has 0 aliphatic carbocycles. The van der Waals surface area contributed by atoms with Crippen LogP contribution in [0.1, 0.15) is 29.0 Å². The number of carbonyl (C=O) groups is 1. The molecule has 1 aliphatic heterocycles. The average molecular weight is 459 g/mol. The summed E-state index contributed by atoms with van der Waals surface area (Å²) in [4.78, 5) is 16.4. The summed E-state index contributed by atoms with van der Waals surface area (Å²) in [6.45, 7) is 0.630. The van der Waals surface area contributed by atoms with Crippen molar-refractivity contribution in [2.45, 2.75) is 18.9 Å². The topological polar surface area (TPSA) is 81.8 Å². The van der Waals surface area contributed by atoms with Crippen LogP contribution >= 0.6 is 0 Å². The predicted molar refractivity (Wildman–Crippen MR) is 129 cm³/mol. The van der Waals surface area contributed by atoms with E-state index in [1.54, 1.807) is 14.2 Å². The third-order valence-corrected chi connectivity index (χ3v) is 6.12. The van der Waals surface area contributed by atoms with E-state index >= 15 is 0 Å². The van der Waals surface area contributed by atoms with Crippen LogP contribution in [0.5, 0.6) is 23.0 Å². The third-order valence-electron chi connectivity index (χ3n) is 6.12. The number of rotatable bonds is 8. The lowest BCUT2D eigenvalue weighted by atomic mass is 9.87. The molecule has 1 aromatic heterocycles. The Hall–Kier alpha value is -4.13. The van der Waals surface area contributed by atoms with Gasteiger partial charge in [-0.15, -0.1) is 0 Å². The Morgan fingerprint density at radius 1 is 1.00 bits per heavy atom. The fraction of sp³-hybridized carbons (Fsp3) is 0.222. The minimum Gasteiger partial charge on any atom is -0.493 e. The summed E-state index contributed by atoms with van der Waals surface area (Å²) in [5, 5.41) is 4.14. The maximum atomic E-state index is 13.1. The van der Waals surface area contributed by atoms with Crippen molar-refractivity contribution in [3.8, 4) is 23.0 Å². The Kier molecular flexibility index (Phi) is 5.99.